The fourth-order valence-corrected chi connectivity index (χ4v) is 4.00. The Morgan fingerprint density at radius 3 is 2.35 bits per heavy atom. The molecule has 2 nitrogen and oxygen atoms in total. The zero-order valence-corrected chi connectivity index (χ0v) is 11.9. The zero-order chi connectivity index (χ0) is 12.4. The van der Waals surface area contributed by atoms with Crippen molar-refractivity contribution in [3.05, 3.63) is 0 Å². The molecule has 0 radical (unpaired) electrons. The van der Waals surface area contributed by atoms with Gasteiger partial charge in [-0.3, -0.25) is 0 Å². The van der Waals surface area contributed by atoms with Crippen molar-refractivity contribution in [3.8, 4) is 0 Å². The standard InChI is InChI=1S/C15H30N2/c1-11-7-12(2)9-15(8-11)17-6-4-5-14(10-17)13(3)16/h11-15H,4-10,16H2,1-3H3. The largest absolute Gasteiger partial charge is 0.328 e. The molecule has 1 aliphatic carbocycles. The molecule has 2 N–H and O–H groups in total. The van der Waals surface area contributed by atoms with Gasteiger partial charge in [0, 0.05) is 18.6 Å². The van der Waals surface area contributed by atoms with Crippen LogP contribution in [0.2, 0.25) is 0 Å². The molecule has 1 saturated heterocycles. The number of likely N-dealkylation sites (tertiary alicyclic amines) is 1. The van der Waals surface area contributed by atoms with Crippen LogP contribution in [-0.2, 0) is 0 Å². The molecule has 2 rings (SSSR count). The molecule has 0 bridgehead atoms. The van der Waals surface area contributed by atoms with Gasteiger partial charge in [0.2, 0.25) is 0 Å². The van der Waals surface area contributed by atoms with Gasteiger partial charge in [0.05, 0.1) is 0 Å². The lowest BCUT2D eigenvalue weighted by molar-refractivity contribution is 0.0640. The van der Waals surface area contributed by atoms with Crippen LogP contribution in [0.4, 0.5) is 0 Å². The second-order valence-electron chi connectivity index (χ2n) is 6.83. The maximum absolute atomic E-state index is 6.09. The fourth-order valence-electron chi connectivity index (χ4n) is 4.00. The summed E-state index contributed by atoms with van der Waals surface area (Å²) in [6, 6.07) is 1.21. The molecule has 1 heterocycles. The summed E-state index contributed by atoms with van der Waals surface area (Å²) in [6.45, 7) is 9.60. The van der Waals surface area contributed by atoms with Crippen molar-refractivity contribution >= 4 is 0 Å². The Hall–Kier alpha value is -0.0800. The minimum absolute atomic E-state index is 0.372. The van der Waals surface area contributed by atoms with Crippen molar-refractivity contribution in [1.82, 2.24) is 4.90 Å². The SMILES string of the molecule is CC1CC(C)CC(N2CCCC(C(C)N)C2)C1. The lowest BCUT2D eigenvalue weighted by Gasteiger charge is -2.43. The Bertz CT molecular complexity index is 229. The highest BCUT2D eigenvalue weighted by Gasteiger charge is 2.32. The zero-order valence-electron chi connectivity index (χ0n) is 11.9. The van der Waals surface area contributed by atoms with Crippen molar-refractivity contribution < 1.29 is 0 Å². The van der Waals surface area contributed by atoms with Crippen LogP contribution in [0, 0.1) is 17.8 Å². The van der Waals surface area contributed by atoms with Crippen LogP contribution in [0.1, 0.15) is 52.9 Å². The Morgan fingerprint density at radius 2 is 1.76 bits per heavy atom. The number of hydrogen-bond donors (Lipinski definition) is 1. The summed E-state index contributed by atoms with van der Waals surface area (Å²) in [4.78, 5) is 2.75. The molecule has 0 amide bonds. The number of piperidine rings is 1. The first-order chi connectivity index (χ1) is 8.06. The maximum atomic E-state index is 6.09. The van der Waals surface area contributed by atoms with E-state index in [0.717, 1.165) is 23.8 Å². The Balaban J connectivity index is 1.92. The first kappa shape index (κ1) is 13.4. The monoisotopic (exact) mass is 238 g/mol. The maximum Gasteiger partial charge on any atom is 0.0100 e. The predicted octanol–water partition coefficient (Wildman–Crippen LogP) is 2.87. The van der Waals surface area contributed by atoms with Crippen LogP contribution in [0.15, 0.2) is 0 Å². The molecule has 0 spiro atoms. The molecule has 2 heteroatoms. The van der Waals surface area contributed by atoms with Crippen molar-refractivity contribution in [3.63, 3.8) is 0 Å². The van der Waals surface area contributed by atoms with Crippen LogP contribution in [-0.4, -0.2) is 30.1 Å². The van der Waals surface area contributed by atoms with E-state index in [2.05, 4.69) is 25.7 Å². The summed E-state index contributed by atoms with van der Waals surface area (Å²) in [6.07, 6.45) is 6.95. The molecule has 0 aromatic rings. The van der Waals surface area contributed by atoms with E-state index in [1.54, 1.807) is 0 Å². The third kappa shape index (κ3) is 3.45. The molecule has 4 unspecified atom stereocenters. The second kappa shape index (κ2) is 5.71. The summed E-state index contributed by atoms with van der Waals surface area (Å²) in [7, 11) is 0. The van der Waals surface area contributed by atoms with Gasteiger partial charge in [-0.1, -0.05) is 13.8 Å². The van der Waals surface area contributed by atoms with Crippen LogP contribution in [0.25, 0.3) is 0 Å². The quantitative estimate of drug-likeness (QED) is 0.801. The summed E-state index contributed by atoms with van der Waals surface area (Å²) in [5, 5.41) is 0. The number of rotatable bonds is 2. The number of nitrogens with two attached hydrogens (primary N) is 1. The number of hydrogen-bond acceptors (Lipinski definition) is 2. The highest BCUT2D eigenvalue weighted by atomic mass is 15.2. The first-order valence-corrected chi connectivity index (χ1v) is 7.56. The van der Waals surface area contributed by atoms with Gasteiger partial charge in [-0.15, -0.1) is 0 Å². The van der Waals surface area contributed by atoms with Gasteiger partial charge in [-0.05, 0) is 63.3 Å². The lowest BCUT2D eigenvalue weighted by Crippen LogP contribution is -2.48. The van der Waals surface area contributed by atoms with E-state index in [0.29, 0.717) is 6.04 Å². The van der Waals surface area contributed by atoms with Crippen LogP contribution in [0.3, 0.4) is 0 Å². The Morgan fingerprint density at radius 1 is 1.12 bits per heavy atom. The van der Waals surface area contributed by atoms with Crippen LogP contribution < -0.4 is 5.73 Å². The number of nitrogens with zero attached hydrogens (tertiary/aromatic N) is 1. The van der Waals surface area contributed by atoms with Gasteiger partial charge in [0.1, 0.15) is 0 Å². The highest BCUT2D eigenvalue weighted by molar-refractivity contribution is 4.86. The van der Waals surface area contributed by atoms with Gasteiger partial charge in [-0.25, -0.2) is 0 Å². The average molecular weight is 238 g/mol. The molecule has 4 atom stereocenters. The third-order valence-electron chi connectivity index (χ3n) is 4.90. The summed E-state index contributed by atoms with van der Waals surface area (Å²) in [5.41, 5.74) is 6.09. The minimum Gasteiger partial charge on any atom is -0.328 e. The highest BCUT2D eigenvalue weighted by Crippen LogP contribution is 2.33. The summed E-state index contributed by atoms with van der Waals surface area (Å²) in [5.74, 6) is 2.56. The van der Waals surface area contributed by atoms with E-state index < -0.39 is 0 Å². The molecule has 2 fully saturated rings. The Labute approximate surface area is 107 Å². The van der Waals surface area contributed by atoms with E-state index in [-0.39, 0.29) is 0 Å². The van der Waals surface area contributed by atoms with Crippen LogP contribution >= 0.6 is 0 Å². The predicted molar refractivity (Wildman–Crippen MR) is 73.9 cm³/mol. The molecule has 17 heavy (non-hydrogen) atoms. The van der Waals surface area contributed by atoms with Crippen LogP contribution in [0.5, 0.6) is 0 Å². The lowest BCUT2D eigenvalue weighted by atomic mass is 9.78. The van der Waals surface area contributed by atoms with E-state index in [4.69, 9.17) is 5.73 Å². The summed E-state index contributed by atoms with van der Waals surface area (Å²) >= 11 is 0. The topological polar surface area (TPSA) is 29.3 Å². The minimum atomic E-state index is 0.372. The molecular weight excluding hydrogens is 208 g/mol. The van der Waals surface area contributed by atoms with E-state index in [9.17, 15) is 0 Å². The van der Waals surface area contributed by atoms with Gasteiger partial charge in [0.15, 0.2) is 0 Å². The molecule has 0 aromatic heterocycles. The normalized spacial score (nSPS) is 42.4. The summed E-state index contributed by atoms with van der Waals surface area (Å²) < 4.78 is 0. The van der Waals surface area contributed by atoms with Crippen molar-refractivity contribution in [2.45, 2.75) is 65.0 Å². The van der Waals surface area contributed by atoms with E-state index in [1.807, 2.05) is 0 Å². The van der Waals surface area contributed by atoms with E-state index >= 15 is 0 Å². The molecular formula is C15H30N2. The first-order valence-electron chi connectivity index (χ1n) is 7.56. The van der Waals surface area contributed by atoms with E-state index in [1.165, 1.54) is 45.2 Å². The third-order valence-corrected chi connectivity index (χ3v) is 4.90. The van der Waals surface area contributed by atoms with Gasteiger partial charge in [-0.2, -0.15) is 0 Å². The molecule has 2 aliphatic rings. The van der Waals surface area contributed by atoms with Crippen molar-refractivity contribution in [2.75, 3.05) is 13.1 Å². The second-order valence-corrected chi connectivity index (χ2v) is 6.83. The molecule has 1 aliphatic heterocycles. The Kier molecular flexibility index (Phi) is 4.48. The van der Waals surface area contributed by atoms with Crippen molar-refractivity contribution in [2.24, 2.45) is 23.5 Å². The molecule has 1 saturated carbocycles. The van der Waals surface area contributed by atoms with Gasteiger partial charge < -0.3 is 10.6 Å². The van der Waals surface area contributed by atoms with Gasteiger partial charge >= 0.3 is 0 Å². The van der Waals surface area contributed by atoms with Gasteiger partial charge in [0.25, 0.3) is 0 Å². The van der Waals surface area contributed by atoms with Crippen molar-refractivity contribution in [1.29, 1.82) is 0 Å². The fraction of sp³-hybridized carbons (Fsp3) is 1.00. The molecule has 0 aromatic carbocycles. The molecule has 100 valence electrons. The average Bonchev–Trinajstić information content (AvgIpc) is 2.28. The smallest absolute Gasteiger partial charge is 0.0100 e.